The summed E-state index contributed by atoms with van der Waals surface area (Å²) < 4.78 is 17.4. The van der Waals surface area contributed by atoms with Gasteiger partial charge in [0, 0.05) is 81.1 Å². The Morgan fingerprint density at radius 2 is 0.810 bits per heavy atom. The lowest BCUT2D eigenvalue weighted by molar-refractivity contribution is 0.483. The van der Waals surface area contributed by atoms with Crippen LogP contribution in [0.5, 0.6) is 11.5 Å². The van der Waals surface area contributed by atoms with E-state index in [2.05, 4.69) is 370 Å². The first-order valence-electron chi connectivity index (χ1n) is 36.4. The molecule has 0 saturated carbocycles. The van der Waals surface area contributed by atoms with E-state index in [-0.39, 0.29) is 17.5 Å². The smallest absolute Gasteiger partial charge is 0.256 e. The summed E-state index contributed by atoms with van der Waals surface area (Å²) in [6.07, 6.45) is 0. The molecule has 0 bridgehead atoms. The molecule has 0 aliphatic carbocycles. The van der Waals surface area contributed by atoms with Crippen LogP contribution in [-0.2, 0) is 10.8 Å². The first-order chi connectivity index (χ1) is 51.3. The van der Waals surface area contributed by atoms with Crippen molar-refractivity contribution < 1.29 is 4.74 Å². The maximum atomic E-state index is 7.58. The van der Waals surface area contributed by atoms with Crippen LogP contribution in [0.3, 0.4) is 0 Å². The van der Waals surface area contributed by atoms with Gasteiger partial charge in [-0.25, -0.2) is 9.97 Å². The summed E-state index contributed by atoms with van der Waals surface area (Å²) >= 11 is 1.86. The van der Waals surface area contributed by atoms with Gasteiger partial charge in [0.1, 0.15) is 23.1 Å². The second-order valence-corrected chi connectivity index (χ2v) is 31.5. The second-order valence-electron chi connectivity index (χ2n) is 30.5. The number of nitrogens with zero attached hydrogens (tertiary/aromatic N) is 6. The van der Waals surface area contributed by atoms with E-state index in [1.54, 1.807) is 0 Å². The number of fused-ring (bicyclic) bond motifs is 16. The lowest BCUT2D eigenvalue weighted by Gasteiger charge is -2.42. The molecular weight excluding hydrogens is 1300 g/mol. The first kappa shape index (κ1) is 61.1. The Morgan fingerprint density at radius 3 is 1.40 bits per heavy atom. The van der Waals surface area contributed by atoms with E-state index in [9.17, 15) is 0 Å². The van der Waals surface area contributed by atoms with Crippen molar-refractivity contribution in [2.24, 2.45) is 0 Å². The average molecular weight is 1370 g/mol. The molecule has 0 spiro atoms. The molecule has 498 valence electrons. The molecule has 6 aromatic heterocycles. The zero-order chi connectivity index (χ0) is 70.1. The van der Waals surface area contributed by atoms with Gasteiger partial charge >= 0.3 is 0 Å². The van der Waals surface area contributed by atoms with Crippen LogP contribution in [0.2, 0.25) is 0 Å². The number of pyridine rings is 2. The summed E-state index contributed by atoms with van der Waals surface area (Å²) in [5.41, 5.74) is 24.4. The van der Waals surface area contributed by atoms with Gasteiger partial charge in [0.25, 0.3) is 6.71 Å². The van der Waals surface area contributed by atoms with Gasteiger partial charge in [0.15, 0.2) is 0 Å². The fourth-order valence-corrected chi connectivity index (χ4v) is 18.3. The van der Waals surface area contributed by atoms with Crippen molar-refractivity contribution in [2.75, 3.05) is 4.90 Å². The number of hydrogen-bond donors (Lipinski definition) is 0. The molecule has 7 nitrogen and oxygen atoms in total. The summed E-state index contributed by atoms with van der Waals surface area (Å²) in [6.45, 7) is 13.5. The normalized spacial score (nSPS) is 12.9. The Hall–Kier alpha value is -12.6. The van der Waals surface area contributed by atoms with Crippen LogP contribution in [0.15, 0.2) is 309 Å². The van der Waals surface area contributed by atoms with Crippen LogP contribution in [0.4, 0.5) is 17.1 Å². The molecule has 19 aromatic rings. The largest absolute Gasteiger partial charge is 0.458 e. The highest BCUT2D eigenvalue weighted by molar-refractivity contribution is 7.25. The monoisotopic (exact) mass is 1360 g/mol. The number of ether oxygens (including phenoxy) is 1. The zero-order valence-corrected chi connectivity index (χ0v) is 59.8. The van der Waals surface area contributed by atoms with Crippen LogP contribution in [0.1, 0.15) is 52.7 Å². The van der Waals surface area contributed by atoms with Gasteiger partial charge in [-0.15, -0.1) is 11.3 Å². The summed E-state index contributed by atoms with van der Waals surface area (Å²) in [7, 11) is 0. The van der Waals surface area contributed by atoms with Crippen molar-refractivity contribution in [3.05, 3.63) is 321 Å². The van der Waals surface area contributed by atoms with Crippen molar-refractivity contribution in [1.29, 1.82) is 0 Å². The Kier molecular flexibility index (Phi) is 13.4. The van der Waals surface area contributed by atoms with Gasteiger partial charge in [0.2, 0.25) is 0 Å². The molecule has 0 saturated heterocycles. The molecule has 0 amide bonds. The van der Waals surface area contributed by atoms with E-state index in [1.807, 2.05) is 11.3 Å². The number of anilines is 3. The van der Waals surface area contributed by atoms with Crippen LogP contribution in [-0.4, -0.2) is 30.4 Å². The number of aromatic nitrogens is 5. The quantitative estimate of drug-likeness (QED) is 0.142. The highest BCUT2D eigenvalue weighted by Crippen LogP contribution is 2.51. The number of rotatable bonds is 8. The summed E-state index contributed by atoms with van der Waals surface area (Å²) in [5, 5.41) is 9.66. The maximum Gasteiger partial charge on any atom is 0.256 e. The third-order valence-electron chi connectivity index (χ3n) is 22.2. The molecule has 21 rings (SSSR count). The third-order valence-corrected chi connectivity index (χ3v) is 23.3. The Bertz CT molecular complexity index is 6700. The molecule has 0 unspecified atom stereocenters. The van der Waals surface area contributed by atoms with Crippen molar-refractivity contribution >= 4 is 137 Å². The van der Waals surface area contributed by atoms with Crippen molar-refractivity contribution in [1.82, 2.24) is 23.7 Å². The molecule has 0 atom stereocenters. The summed E-state index contributed by atoms with van der Waals surface area (Å²) in [6, 6.07) is 114. The minimum Gasteiger partial charge on any atom is -0.458 e. The Labute approximate surface area is 612 Å². The van der Waals surface area contributed by atoms with E-state index in [1.165, 1.54) is 63.6 Å². The minimum atomic E-state index is -0.328. The van der Waals surface area contributed by atoms with E-state index < -0.39 is 0 Å². The molecule has 8 heterocycles. The number of benzene rings is 13. The van der Waals surface area contributed by atoms with E-state index in [0.717, 1.165) is 140 Å². The molecule has 0 N–H and O–H groups in total. The average Bonchev–Trinajstić information content (AvgIpc) is 1.51. The zero-order valence-electron chi connectivity index (χ0n) is 59.0. The third kappa shape index (κ3) is 9.50. The van der Waals surface area contributed by atoms with Crippen LogP contribution in [0.25, 0.3) is 148 Å². The van der Waals surface area contributed by atoms with Gasteiger partial charge in [-0.1, -0.05) is 248 Å². The van der Waals surface area contributed by atoms with Gasteiger partial charge < -0.3 is 14.2 Å². The predicted molar refractivity (Wildman–Crippen MR) is 443 cm³/mol. The van der Waals surface area contributed by atoms with Gasteiger partial charge in [-0.05, 0) is 158 Å². The van der Waals surface area contributed by atoms with Gasteiger partial charge in [-0.2, -0.15) is 0 Å². The fourth-order valence-electron chi connectivity index (χ4n) is 17.1. The minimum absolute atomic E-state index is 0.211. The molecular formula is C96H69BN6OS. The molecule has 0 radical (unpaired) electrons. The highest BCUT2D eigenvalue weighted by atomic mass is 32.1. The Morgan fingerprint density at radius 1 is 0.324 bits per heavy atom. The van der Waals surface area contributed by atoms with Crippen LogP contribution in [0, 0.1) is 0 Å². The molecule has 13 aromatic carbocycles. The number of para-hydroxylation sites is 6. The molecule has 0 fully saturated rings. The van der Waals surface area contributed by atoms with Crippen LogP contribution >= 0.6 is 11.3 Å². The van der Waals surface area contributed by atoms with Crippen molar-refractivity contribution in [3.63, 3.8) is 0 Å². The fraction of sp³-hybridized carbons (Fsp3) is 0.0833. The first-order valence-corrected chi connectivity index (χ1v) is 37.2. The van der Waals surface area contributed by atoms with Crippen LogP contribution < -0.4 is 26.0 Å². The topological polar surface area (TPSA) is 53.0 Å². The summed E-state index contributed by atoms with van der Waals surface area (Å²) in [4.78, 5) is 14.4. The summed E-state index contributed by atoms with van der Waals surface area (Å²) in [5.74, 6) is 3.36. The van der Waals surface area contributed by atoms with E-state index in [4.69, 9.17) is 14.7 Å². The predicted octanol–water partition coefficient (Wildman–Crippen LogP) is 23.8. The maximum absolute atomic E-state index is 7.58. The lowest BCUT2D eigenvalue weighted by Crippen LogP contribution is -2.59. The van der Waals surface area contributed by atoms with Gasteiger partial charge in [0.05, 0.1) is 55.9 Å². The standard InChI is InChI=1S/C96H69BN6OS/c1-95(2,3)62-50-77(98-91(53-62)101-81-40-21-15-32-69(81)70-33-16-22-41-82(70)101)61-45-47-87-76(49-61)97-75-48-60(44-46-84(75)103(86-51-63(96(4,5)6)52-88(104-87)93(86)97)94-65(58-26-9-7-10-27-58)36-25-37-66(94)59-28-11-8-12-29-59)78-54-64(100-79-38-19-13-30-67(79)68-31-14-20-39-80(68)100)55-92(99-78)102-83-42-23-17-34-71(83)73-57-90-74(56-85(73)102)72-35-18-24-43-89(72)105-90/h7-57H,1-6H3. The number of thiophene rings is 1. The van der Waals surface area contributed by atoms with Gasteiger partial charge in [-0.3, -0.25) is 9.13 Å². The SMILES string of the molecule is CC(C)(C)c1cc(-c2ccc3c(c2)B2c4cc(-c5cc(-n6c7ccccc7c7ccccc76)cc(-n6c7ccccc7c7cc8sc9ccccc9c8cc76)n5)ccc4N(c4c(-c5ccccc5)cccc4-c4ccccc4)c4cc(C(C)(C)C)cc(c42)O3)nc(-n2c3ccccc3c3ccccc32)c1. The molecule has 105 heavy (non-hydrogen) atoms. The Balaban J connectivity index is 0.855. The lowest BCUT2D eigenvalue weighted by atomic mass is 9.34. The number of hydrogen-bond acceptors (Lipinski definition) is 5. The molecule has 2 aliphatic rings. The van der Waals surface area contributed by atoms with Crippen molar-refractivity contribution in [2.45, 2.75) is 52.4 Å². The van der Waals surface area contributed by atoms with E-state index >= 15 is 0 Å². The molecule has 2 aliphatic heterocycles. The highest BCUT2D eigenvalue weighted by Gasteiger charge is 2.44. The van der Waals surface area contributed by atoms with Crippen molar-refractivity contribution in [3.8, 4) is 73.6 Å². The molecule has 9 heteroatoms. The second kappa shape index (κ2) is 23.0. The van der Waals surface area contributed by atoms with E-state index in [0.29, 0.717) is 0 Å².